The van der Waals surface area contributed by atoms with E-state index in [4.69, 9.17) is 4.74 Å². The Balaban J connectivity index is 1.71. The van der Waals surface area contributed by atoms with Crippen LogP contribution >= 0.6 is 0 Å². The lowest BCUT2D eigenvalue weighted by molar-refractivity contribution is -0.0524. The van der Waals surface area contributed by atoms with Crippen LogP contribution in [-0.2, 0) is 11.3 Å². The fraction of sp³-hybridized carbons (Fsp3) is 0.273. The van der Waals surface area contributed by atoms with Crippen molar-refractivity contribution in [3.63, 3.8) is 0 Å². The maximum atomic E-state index is 14.2. The number of nitrogens with zero attached hydrogens (tertiary/aromatic N) is 4. The summed E-state index contributed by atoms with van der Waals surface area (Å²) in [6.45, 7) is -3.17. The number of fused-ring (bicyclic) bond motifs is 2. The molecule has 1 atom stereocenters. The maximum Gasteiger partial charge on any atom is 0.407 e. The van der Waals surface area contributed by atoms with E-state index in [9.17, 15) is 22.4 Å². The lowest BCUT2D eigenvalue weighted by Crippen LogP contribution is -2.44. The van der Waals surface area contributed by atoms with Gasteiger partial charge in [-0.25, -0.2) is 28.2 Å². The van der Waals surface area contributed by atoms with Gasteiger partial charge in [-0.2, -0.15) is 13.9 Å². The fourth-order valence-electron chi connectivity index (χ4n) is 4.12. The van der Waals surface area contributed by atoms with Crippen LogP contribution in [-0.4, -0.2) is 57.2 Å². The maximum absolute atomic E-state index is 14.2. The molecule has 0 fully saturated rings. The Morgan fingerprint density at radius 1 is 1.19 bits per heavy atom. The summed E-state index contributed by atoms with van der Waals surface area (Å²) in [5.41, 5.74) is 0.159. The van der Waals surface area contributed by atoms with Crippen LogP contribution in [0.5, 0.6) is 11.8 Å². The van der Waals surface area contributed by atoms with Crippen molar-refractivity contribution in [1.82, 2.24) is 30.0 Å². The molecular formula is C22H18F4N6O4. The summed E-state index contributed by atoms with van der Waals surface area (Å²) in [5, 5.41) is 7.03. The van der Waals surface area contributed by atoms with Crippen molar-refractivity contribution in [3.05, 3.63) is 42.4 Å². The number of alkyl halides is 4. The Morgan fingerprint density at radius 2 is 1.97 bits per heavy atom. The Labute approximate surface area is 200 Å². The number of ether oxygens (including phenoxy) is 3. The number of hydrogen-bond donors (Lipinski definition) is 2. The average Bonchev–Trinajstić information content (AvgIpc) is 3.42. The number of aromatic nitrogens is 5. The Kier molecular flexibility index (Phi) is 6.08. The largest absolute Gasteiger partial charge is 0.475 e. The van der Waals surface area contributed by atoms with Crippen molar-refractivity contribution in [2.45, 2.75) is 25.6 Å². The zero-order chi connectivity index (χ0) is 25.4. The van der Waals surface area contributed by atoms with E-state index in [2.05, 4.69) is 34.8 Å². The first-order chi connectivity index (χ1) is 17.4. The van der Waals surface area contributed by atoms with Crippen molar-refractivity contribution >= 4 is 17.1 Å². The SMILES string of the molecule is COC(=O)N[C@@H]1COc2c(-c3[nH]c4ncccc4c3-c3cccnc3OC(F)F)c(C(F)F)nn2C1. The number of pyridine rings is 2. The van der Waals surface area contributed by atoms with Crippen molar-refractivity contribution in [3.8, 4) is 34.1 Å². The first-order valence-corrected chi connectivity index (χ1v) is 10.6. The smallest absolute Gasteiger partial charge is 0.407 e. The molecule has 4 aromatic heterocycles. The Bertz CT molecular complexity index is 1420. The number of rotatable bonds is 6. The van der Waals surface area contributed by atoms with Gasteiger partial charge in [0, 0.05) is 28.9 Å². The number of carbonyl (C=O) groups is 1. The van der Waals surface area contributed by atoms with Crippen LogP contribution in [0.4, 0.5) is 22.4 Å². The van der Waals surface area contributed by atoms with Crippen molar-refractivity contribution in [2.75, 3.05) is 13.7 Å². The van der Waals surface area contributed by atoms with E-state index in [0.717, 1.165) is 0 Å². The summed E-state index contributed by atoms with van der Waals surface area (Å²) in [6, 6.07) is 5.68. The number of carbonyl (C=O) groups excluding carboxylic acids is 1. The number of halogens is 4. The second-order valence-electron chi connectivity index (χ2n) is 7.70. The fourth-order valence-corrected chi connectivity index (χ4v) is 4.12. The molecule has 5 heterocycles. The molecule has 0 bridgehead atoms. The van der Waals surface area contributed by atoms with Gasteiger partial charge in [-0.3, -0.25) is 0 Å². The van der Waals surface area contributed by atoms with Crippen LogP contribution in [0.3, 0.4) is 0 Å². The summed E-state index contributed by atoms with van der Waals surface area (Å²) in [5.74, 6) is -0.373. The van der Waals surface area contributed by atoms with Crippen molar-refractivity contribution in [2.24, 2.45) is 0 Å². The van der Waals surface area contributed by atoms with Gasteiger partial charge in [0.1, 0.15) is 17.9 Å². The van der Waals surface area contributed by atoms with E-state index >= 15 is 0 Å². The third-order valence-electron chi connectivity index (χ3n) is 5.52. The normalized spacial score (nSPS) is 15.1. The minimum Gasteiger partial charge on any atom is -0.475 e. The van der Waals surface area contributed by atoms with Gasteiger partial charge in [0.05, 0.1) is 31.0 Å². The van der Waals surface area contributed by atoms with E-state index in [1.54, 1.807) is 12.1 Å². The minimum absolute atomic E-state index is 0.0150. The number of hydrogen-bond acceptors (Lipinski definition) is 7. The van der Waals surface area contributed by atoms with E-state index in [0.29, 0.717) is 11.0 Å². The predicted octanol–water partition coefficient (Wildman–Crippen LogP) is 4.14. The second kappa shape index (κ2) is 9.36. The van der Waals surface area contributed by atoms with Gasteiger partial charge < -0.3 is 24.5 Å². The highest BCUT2D eigenvalue weighted by molar-refractivity contribution is 6.04. The van der Waals surface area contributed by atoms with E-state index in [-0.39, 0.29) is 47.3 Å². The van der Waals surface area contributed by atoms with Crippen LogP contribution in [0.1, 0.15) is 12.1 Å². The van der Waals surface area contributed by atoms with Gasteiger partial charge >= 0.3 is 12.7 Å². The lowest BCUT2D eigenvalue weighted by atomic mass is 9.99. The molecule has 10 nitrogen and oxygen atoms in total. The number of nitrogens with one attached hydrogen (secondary N) is 2. The molecule has 2 N–H and O–H groups in total. The molecule has 36 heavy (non-hydrogen) atoms. The van der Waals surface area contributed by atoms with Crippen LogP contribution in [0.2, 0.25) is 0 Å². The van der Waals surface area contributed by atoms with Crippen LogP contribution in [0.25, 0.3) is 33.4 Å². The minimum atomic E-state index is -3.16. The van der Waals surface area contributed by atoms with Gasteiger partial charge in [-0.05, 0) is 24.3 Å². The molecule has 188 valence electrons. The van der Waals surface area contributed by atoms with Crippen LogP contribution < -0.4 is 14.8 Å². The van der Waals surface area contributed by atoms with E-state index < -0.39 is 30.9 Å². The lowest BCUT2D eigenvalue weighted by Gasteiger charge is -2.25. The highest BCUT2D eigenvalue weighted by Gasteiger charge is 2.35. The molecule has 1 aliphatic heterocycles. The first kappa shape index (κ1) is 23.4. The van der Waals surface area contributed by atoms with Crippen LogP contribution in [0, 0.1) is 0 Å². The highest BCUT2D eigenvalue weighted by Crippen LogP contribution is 2.47. The quantitative estimate of drug-likeness (QED) is 0.378. The number of amides is 1. The van der Waals surface area contributed by atoms with E-state index in [1.807, 2.05) is 0 Å². The molecule has 1 amide bonds. The van der Waals surface area contributed by atoms with Gasteiger partial charge in [-0.1, -0.05) is 0 Å². The standard InChI is InChI=1S/C22H18F4N6O4/c1-34-22(33)29-10-8-32-20(35-9-10)14(16(31-32)17(23)24)15-13(11-4-2-6-27-18(11)30-15)12-5-3-7-28-19(12)36-21(25)26/h2-7,10,17,21H,8-9H2,1H3,(H,27,30)(H,29,33)/t10-/m0/s1. The Morgan fingerprint density at radius 3 is 2.72 bits per heavy atom. The molecule has 0 aromatic carbocycles. The molecule has 0 saturated heterocycles. The summed E-state index contributed by atoms with van der Waals surface area (Å²) >= 11 is 0. The van der Waals surface area contributed by atoms with Gasteiger partial charge in [-0.15, -0.1) is 0 Å². The van der Waals surface area contributed by atoms with Crippen molar-refractivity contribution < 1.29 is 36.6 Å². The van der Waals surface area contributed by atoms with Gasteiger partial charge in [0.25, 0.3) is 6.43 Å². The molecule has 0 radical (unpaired) electrons. The van der Waals surface area contributed by atoms with E-state index in [1.165, 1.54) is 36.3 Å². The average molecular weight is 506 g/mol. The molecular weight excluding hydrogens is 488 g/mol. The Hall–Kier alpha value is -4.36. The predicted molar refractivity (Wildman–Crippen MR) is 117 cm³/mol. The zero-order valence-electron chi connectivity index (χ0n) is 18.5. The number of aromatic amines is 1. The monoisotopic (exact) mass is 506 g/mol. The van der Waals surface area contributed by atoms with Crippen LogP contribution in [0.15, 0.2) is 36.7 Å². The van der Waals surface area contributed by atoms with Crippen molar-refractivity contribution in [1.29, 1.82) is 0 Å². The zero-order valence-corrected chi connectivity index (χ0v) is 18.5. The summed E-state index contributed by atoms with van der Waals surface area (Å²) in [4.78, 5) is 22.7. The molecule has 1 aliphatic rings. The summed E-state index contributed by atoms with van der Waals surface area (Å²) in [7, 11) is 1.20. The number of alkyl carbamates (subject to hydrolysis) is 1. The summed E-state index contributed by atoms with van der Waals surface area (Å²) < 4.78 is 70.8. The van der Waals surface area contributed by atoms with Gasteiger partial charge in [0.15, 0.2) is 0 Å². The third kappa shape index (κ3) is 4.14. The topological polar surface area (TPSA) is 116 Å². The van der Waals surface area contributed by atoms with Gasteiger partial charge in [0.2, 0.25) is 11.8 Å². The third-order valence-corrected chi connectivity index (χ3v) is 5.52. The molecule has 0 saturated carbocycles. The summed E-state index contributed by atoms with van der Waals surface area (Å²) in [6.07, 6.45) is -0.946. The molecule has 5 rings (SSSR count). The number of H-pyrrole nitrogens is 1. The molecule has 4 aromatic rings. The molecule has 0 unspecified atom stereocenters. The molecule has 0 aliphatic carbocycles. The molecule has 14 heteroatoms. The first-order valence-electron chi connectivity index (χ1n) is 10.6. The highest BCUT2D eigenvalue weighted by atomic mass is 19.3. The second-order valence-corrected chi connectivity index (χ2v) is 7.70. The molecule has 0 spiro atoms. The number of methoxy groups -OCH3 is 1.